The molecule has 0 radical (unpaired) electrons. The highest BCUT2D eigenvalue weighted by Crippen LogP contribution is 2.47. The van der Waals surface area contributed by atoms with Crippen LogP contribution in [0.5, 0.6) is 0 Å². The molecule has 2 heteroatoms. The summed E-state index contributed by atoms with van der Waals surface area (Å²) in [7, 11) is 0. The first-order valence-corrected chi connectivity index (χ1v) is 17.7. The van der Waals surface area contributed by atoms with Crippen LogP contribution in [0.3, 0.4) is 0 Å². The summed E-state index contributed by atoms with van der Waals surface area (Å²) in [5.41, 5.74) is 12.8. The van der Waals surface area contributed by atoms with E-state index < -0.39 is 0 Å². The Morgan fingerprint density at radius 1 is 0.360 bits per heavy atom. The molecule has 246 valence electrons. The molecule has 6 aromatic carbocycles. The molecular formula is C48H44N2. The van der Waals surface area contributed by atoms with E-state index in [4.69, 9.17) is 0 Å². The SMILES string of the molecule is C=Cc1ccc(N(c2ccccc2)c2ccc(C3(c4ccc(N(c5ccc(C=C)cc5)c5ccc(C=C)cc5)cc4)CCCCC3)cc2)cc1. The summed E-state index contributed by atoms with van der Waals surface area (Å²) in [6.07, 6.45) is 11.7. The molecule has 0 atom stereocenters. The zero-order chi connectivity index (χ0) is 34.3. The lowest BCUT2D eigenvalue weighted by Crippen LogP contribution is -2.30. The van der Waals surface area contributed by atoms with E-state index in [1.807, 2.05) is 18.2 Å². The minimum absolute atomic E-state index is 0.0272. The molecule has 0 N–H and O–H groups in total. The highest BCUT2D eigenvalue weighted by molar-refractivity contribution is 5.79. The molecule has 0 heterocycles. The summed E-state index contributed by atoms with van der Waals surface area (Å²) in [6, 6.07) is 55.1. The topological polar surface area (TPSA) is 6.48 Å². The first kappa shape index (κ1) is 32.7. The van der Waals surface area contributed by atoms with E-state index in [9.17, 15) is 0 Å². The minimum atomic E-state index is -0.0272. The van der Waals surface area contributed by atoms with Crippen molar-refractivity contribution in [3.8, 4) is 0 Å². The van der Waals surface area contributed by atoms with Crippen molar-refractivity contribution >= 4 is 52.4 Å². The van der Waals surface area contributed by atoms with Crippen LogP contribution in [0, 0.1) is 0 Å². The van der Waals surface area contributed by atoms with Gasteiger partial charge in [0.15, 0.2) is 0 Å². The third-order valence-corrected chi connectivity index (χ3v) is 10.2. The normalized spacial score (nSPS) is 13.6. The maximum Gasteiger partial charge on any atom is 0.0462 e. The molecule has 0 saturated heterocycles. The van der Waals surface area contributed by atoms with E-state index >= 15 is 0 Å². The smallest absolute Gasteiger partial charge is 0.0462 e. The van der Waals surface area contributed by atoms with Crippen LogP contribution in [0.1, 0.15) is 59.9 Å². The van der Waals surface area contributed by atoms with Gasteiger partial charge in [0, 0.05) is 39.5 Å². The van der Waals surface area contributed by atoms with Crippen LogP contribution in [0.2, 0.25) is 0 Å². The fourth-order valence-electron chi connectivity index (χ4n) is 7.51. The van der Waals surface area contributed by atoms with Crippen LogP contribution in [-0.2, 0) is 5.41 Å². The van der Waals surface area contributed by atoms with Gasteiger partial charge in [0.2, 0.25) is 0 Å². The van der Waals surface area contributed by atoms with Gasteiger partial charge in [0.1, 0.15) is 0 Å². The highest BCUT2D eigenvalue weighted by Gasteiger charge is 2.36. The molecule has 2 nitrogen and oxygen atoms in total. The van der Waals surface area contributed by atoms with Crippen molar-refractivity contribution in [1.29, 1.82) is 0 Å². The van der Waals surface area contributed by atoms with Crippen LogP contribution in [-0.4, -0.2) is 0 Å². The third-order valence-electron chi connectivity index (χ3n) is 10.2. The van der Waals surface area contributed by atoms with Crippen molar-refractivity contribution in [2.75, 3.05) is 9.80 Å². The van der Waals surface area contributed by atoms with E-state index in [1.165, 1.54) is 30.4 Å². The Morgan fingerprint density at radius 3 is 0.980 bits per heavy atom. The van der Waals surface area contributed by atoms with Crippen molar-refractivity contribution < 1.29 is 0 Å². The fourth-order valence-corrected chi connectivity index (χ4v) is 7.51. The molecule has 0 unspecified atom stereocenters. The van der Waals surface area contributed by atoms with Gasteiger partial charge in [-0.2, -0.15) is 0 Å². The van der Waals surface area contributed by atoms with Crippen LogP contribution in [0.25, 0.3) is 18.2 Å². The molecule has 0 aliphatic heterocycles. The van der Waals surface area contributed by atoms with E-state index in [0.717, 1.165) is 63.7 Å². The maximum atomic E-state index is 3.94. The largest absolute Gasteiger partial charge is 0.311 e. The summed E-state index contributed by atoms with van der Waals surface area (Å²) in [5, 5.41) is 0. The lowest BCUT2D eigenvalue weighted by Gasteiger charge is -2.39. The standard InChI is InChI=1S/C48H44N2/c1-4-37-15-25-43(26-16-37)49(42-13-9-7-10-14-42)46-31-21-40(22-32-46)48(35-11-8-12-36-48)41-23-33-47(34-24-41)50(44-27-17-38(5-2)18-28-44)45-29-19-39(6-3)20-30-45/h4-7,9-10,13-34H,1-3,8,11-12,35-36H2. The molecule has 1 aliphatic rings. The van der Waals surface area contributed by atoms with Gasteiger partial charge in [0.25, 0.3) is 0 Å². The molecule has 0 amide bonds. The molecule has 1 aliphatic carbocycles. The number of para-hydroxylation sites is 1. The zero-order valence-corrected chi connectivity index (χ0v) is 28.7. The molecule has 7 rings (SSSR count). The van der Waals surface area contributed by atoms with E-state index in [2.05, 4.69) is 181 Å². The highest BCUT2D eigenvalue weighted by atomic mass is 15.1. The average Bonchev–Trinajstić information content (AvgIpc) is 3.20. The van der Waals surface area contributed by atoms with Crippen LogP contribution in [0.15, 0.2) is 171 Å². The maximum absolute atomic E-state index is 3.94. The third kappa shape index (κ3) is 6.58. The van der Waals surface area contributed by atoms with Crippen LogP contribution < -0.4 is 9.80 Å². The monoisotopic (exact) mass is 648 g/mol. The first-order chi connectivity index (χ1) is 24.6. The lowest BCUT2D eigenvalue weighted by atomic mass is 9.65. The number of anilines is 6. The van der Waals surface area contributed by atoms with Crippen molar-refractivity contribution in [2.45, 2.75) is 37.5 Å². The molecule has 1 fully saturated rings. The van der Waals surface area contributed by atoms with Gasteiger partial charge in [-0.15, -0.1) is 0 Å². The Bertz CT molecular complexity index is 1980. The predicted octanol–water partition coefficient (Wildman–Crippen LogP) is 13.8. The van der Waals surface area contributed by atoms with Gasteiger partial charge >= 0.3 is 0 Å². The van der Waals surface area contributed by atoms with Crippen molar-refractivity contribution in [3.63, 3.8) is 0 Å². The summed E-state index contributed by atoms with van der Waals surface area (Å²) in [5.74, 6) is 0. The number of benzene rings is 6. The summed E-state index contributed by atoms with van der Waals surface area (Å²) >= 11 is 0. The number of rotatable bonds is 11. The predicted molar refractivity (Wildman–Crippen MR) is 216 cm³/mol. The van der Waals surface area contributed by atoms with Gasteiger partial charge in [-0.1, -0.05) is 136 Å². The van der Waals surface area contributed by atoms with Crippen molar-refractivity contribution in [2.24, 2.45) is 0 Å². The average molecular weight is 649 g/mol. The van der Waals surface area contributed by atoms with Gasteiger partial charge < -0.3 is 9.80 Å². The summed E-state index contributed by atoms with van der Waals surface area (Å²) in [6.45, 7) is 11.8. The van der Waals surface area contributed by atoms with E-state index in [-0.39, 0.29) is 5.41 Å². The van der Waals surface area contributed by atoms with Crippen LogP contribution >= 0.6 is 0 Å². The first-order valence-electron chi connectivity index (χ1n) is 17.7. The van der Waals surface area contributed by atoms with E-state index in [1.54, 1.807) is 0 Å². The van der Waals surface area contributed by atoms with Gasteiger partial charge in [-0.3, -0.25) is 0 Å². The van der Waals surface area contributed by atoms with Crippen molar-refractivity contribution in [1.82, 2.24) is 0 Å². The Morgan fingerprint density at radius 2 is 0.660 bits per heavy atom. The second-order valence-corrected chi connectivity index (χ2v) is 13.1. The van der Waals surface area contributed by atoms with Gasteiger partial charge in [-0.05, 0) is 113 Å². The summed E-state index contributed by atoms with van der Waals surface area (Å²) < 4.78 is 0. The molecule has 0 bridgehead atoms. The Kier molecular flexibility index (Phi) is 9.62. The zero-order valence-electron chi connectivity index (χ0n) is 28.7. The molecular weight excluding hydrogens is 605 g/mol. The Hall–Kier alpha value is -5.86. The summed E-state index contributed by atoms with van der Waals surface area (Å²) in [4.78, 5) is 4.66. The van der Waals surface area contributed by atoms with Gasteiger partial charge in [-0.25, -0.2) is 0 Å². The van der Waals surface area contributed by atoms with Crippen molar-refractivity contribution in [3.05, 3.63) is 199 Å². The molecule has 1 saturated carbocycles. The Labute approximate surface area is 298 Å². The number of hydrogen-bond donors (Lipinski definition) is 0. The second kappa shape index (κ2) is 14.7. The second-order valence-electron chi connectivity index (χ2n) is 13.1. The fraction of sp³-hybridized carbons (Fsp3) is 0.125. The van der Waals surface area contributed by atoms with Gasteiger partial charge in [0.05, 0.1) is 0 Å². The molecule has 50 heavy (non-hydrogen) atoms. The number of nitrogens with zero attached hydrogens (tertiary/aromatic N) is 2. The van der Waals surface area contributed by atoms with E-state index in [0.29, 0.717) is 0 Å². The lowest BCUT2D eigenvalue weighted by molar-refractivity contribution is 0.346. The number of hydrogen-bond acceptors (Lipinski definition) is 2. The van der Waals surface area contributed by atoms with Crippen LogP contribution in [0.4, 0.5) is 34.1 Å². The molecule has 0 spiro atoms. The molecule has 0 aromatic heterocycles. The Balaban J connectivity index is 1.25. The quantitative estimate of drug-likeness (QED) is 0.138. The minimum Gasteiger partial charge on any atom is -0.311 e. The molecule has 6 aromatic rings.